The molecule has 0 spiro atoms. The number of benzene rings is 1. The van der Waals surface area contributed by atoms with Gasteiger partial charge in [0.05, 0.1) is 0 Å². The summed E-state index contributed by atoms with van der Waals surface area (Å²) in [6.07, 6.45) is 2.20. The first-order valence-electron chi connectivity index (χ1n) is 4.65. The van der Waals surface area contributed by atoms with E-state index in [1.165, 1.54) is 11.1 Å². The molecule has 0 aromatic heterocycles. The van der Waals surface area contributed by atoms with E-state index in [1.807, 2.05) is 24.3 Å². The van der Waals surface area contributed by atoms with Gasteiger partial charge in [-0.1, -0.05) is 65.2 Å². The lowest BCUT2D eigenvalue weighted by Crippen LogP contribution is -1.94. The fourth-order valence-electron chi connectivity index (χ4n) is 1.13. The molecule has 0 atom stereocenters. The minimum atomic E-state index is 0.574. The van der Waals surface area contributed by atoms with Crippen molar-refractivity contribution in [2.45, 2.75) is 13.8 Å². The first-order valence-corrected chi connectivity index (χ1v) is 6.15. The highest BCUT2D eigenvalue weighted by Gasteiger charge is 2.01. The Labute approximate surface area is 99.1 Å². The van der Waals surface area contributed by atoms with E-state index in [9.17, 15) is 0 Å². The van der Waals surface area contributed by atoms with Crippen LogP contribution in [0.2, 0.25) is 5.02 Å². The lowest BCUT2D eigenvalue weighted by atomic mass is 10.0. The largest absolute Gasteiger partial charge is 0.0880 e. The molecule has 0 unspecified atom stereocenters. The first kappa shape index (κ1) is 11.8. The summed E-state index contributed by atoms with van der Waals surface area (Å²) < 4.78 is 0. The summed E-state index contributed by atoms with van der Waals surface area (Å²) in [6.45, 7) is 4.39. The number of rotatable bonds is 3. The first-order chi connectivity index (χ1) is 6.63. The van der Waals surface area contributed by atoms with Crippen LogP contribution in [0.4, 0.5) is 0 Å². The zero-order valence-electron chi connectivity index (χ0n) is 8.43. The molecule has 0 aliphatic heterocycles. The van der Waals surface area contributed by atoms with Gasteiger partial charge in [-0.3, -0.25) is 0 Å². The van der Waals surface area contributed by atoms with E-state index in [0.717, 1.165) is 10.4 Å². The van der Waals surface area contributed by atoms with Crippen LogP contribution in [0, 0.1) is 5.92 Å². The van der Waals surface area contributed by atoms with Crippen LogP contribution in [0.1, 0.15) is 19.4 Å². The maximum atomic E-state index is 5.81. The maximum absolute atomic E-state index is 5.81. The second-order valence-electron chi connectivity index (χ2n) is 3.56. The molecule has 0 bridgehead atoms. The molecule has 1 aromatic rings. The fraction of sp³-hybridized carbons (Fsp3) is 0.333. The molecular formula is C12H14BrCl. The van der Waals surface area contributed by atoms with Crippen LogP contribution in [0.3, 0.4) is 0 Å². The zero-order chi connectivity index (χ0) is 10.6. The number of alkyl halides is 1. The molecule has 0 radical (unpaired) electrons. The van der Waals surface area contributed by atoms with Crippen molar-refractivity contribution in [3.05, 3.63) is 40.4 Å². The van der Waals surface area contributed by atoms with E-state index in [0.29, 0.717) is 5.92 Å². The Kier molecular flexibility index (Phi) is 4.70. The van der Waals surface area contributed by atoms with E-state index in [1.54, 1.807) is 0 Å². The van der Waals surface area contributed by atoms with Crippen LogP contribution in [-0.4, -0.2) is 5.33 Å². The highest BCUT2D eigenvalue weighted by molar-refractivity contribution is 9.09. The molecule has 0 nitrogen and oxygen atoms in total. The molecule has 1 aromatic carbocycles. The number of hydrogen-bond acceptors (Lipinski definition) is 0. The van der Waals surface area contributed by atoms with E-state index < -0.39 is 0 Å². The molecule has 0 saturated heterocycles. The van der Waals surface area contributed by atoms with E-state index >= 15 is 0 Å². The Morgan fingerprint density at radius 1 is 1.36 bits per heavy atom. The quantitative estimate of drug-likeness (QED) is 0.696. The minimum Gasteiger partial charge on any atom is -0.0880 e. The predicted molar refractivity (Wildman–Crippen MR) is 68.1 cm³/mol. The van der Waals surface area contributed by atoms with Crippen molar-refractivity contribution in [2.24, 2.45) is 5.92 Å². The van der Waals surface area contributed by atoms with Gasteiger partial charge in [0.2, 0.25) is 0 Å². The zero-order valence-corrected chi connectivity index (χ0v) is 10.8. The molecule has 0 heterocycles. The van der Waals surface area contributed by atoms with Gasteiger partial charge in [-0.15, -0.1) is 0 Å². The summed E-state index contributed by atoms with van der Waals surface area (Å²) in [6, 6.07) is 7.90. The third-order valence-electron chi connectivity index (χ3n) is 2.12. The highest BCUT2D eigenvalue weighted by atomic mass is 79.9. The van der Waals surface area contributed by atoms with Gasteiger partial charge in [-0.05, 0) is 23.6 Å². The van der Waals surface area contributed by atoms with Gasteiger partial charge in [0.25, 0.3) is 0 Å². The average Bonchev–Trinajstić information content (AvgIpc) is 2.16. The van der Waals surface area contributed by atoms with Crippen molar-refractivity contribution in [3.8, 4) is 0 Å². The van der Waals surface area contributed by atoms with Gasteiger partial charge < -0.3 is 0 Å². The standard InChI is InChI=1S/C12H14BrCl/c1-9(2)11(8-13)7-10-3-5-12(14)6-4-10/h3-7,9H,8H2,1-2H3/b11-7+. The van der Waals surface area contributed by atoms with Crippen LogP contribution in [-0.2, 0) is 0 Å². The molecule has 0 aliphatic carbocycles. The Balaban J connectivity index is 2.89. The molecule has 0 N–H and O–H groups in total. The van der Waals surface area contributed by atoms with Gasteiger partial charge in [0.1, 0.15) is 0 Å². The van der Waals surface area contributed by atoms with E-state index in [-0.39, 0.29) is 0 Å². The second-order valence-corrected chi connectivity index (χ2v) is 4.56. The predicted octanol–water partition coefficient (Wildman–Crippen LogP) is 4.77. The van der Waals surface area contributed by atoms with Crippen molar-refractivity contribution < 1.29 is 0 Å². The highest BCUT2D eigenvalue weighted by Crippen LogP contribution is 2.18. The monoisotopic (exact) mass is 272 g/mol. The molecule has 2 heteroatoms. The van der Waals surface area contributed by atoms with Crippen molar-refractivity contribution >= 4 is 33.6 Å². The smallest absolute Gasteiger partial charge is 0.0406 e. The fourth-order valence-corrected chi connectivity index (χ4v) is 2.07. The van der Waals surface area contributed by atoms with Crippen LogP contribution in [0.5, 0.6) is 0 Å². The third kappa shape index (κ3) is 3.47. The third-order valence-corrected chi connectivity index (χ3v) is 3.02. The summed E-state index contributed by atoms with van der Waals surface area (Å²) in [5, 5.41) is 1.71. The van der Waals surface area contributed by atoms with Crippen LogP contribution in [0.15, 0.2) is 29.8 Å². The molecule has 0 saturated carbocycles. The van der Waals surface area contributed by atoms with Crippen LogP contribution < -0.4 is 0 Å². The van der Waals surface area contributed by atoms with Crippen LogP contribution >= 0.6 is 27.5 Å². The van der Waals surface area contributed by atoms with E-state index in [4.69, 9.17) is 11.6 Å². The molecule has 76 valence electrons. The number of hydrogen-bond donors (Lipinski definition) is 0. The summed E-state index contributed by atoms with van der Waals surface area (Å²) in [5.74, 6) is 0.574. The van der Waals surface area contributed by atoms with Crippen molar-refractivity contribution in [3.63, 3.8) is 0 Å². The number of halogens is 2. The minimum absolute atomic E-state index is 0.574. The Morgan fingerprint density at radius 2 is 1.93 bits per heavy atom. The molecule has 1 rings (SSSR count). The van der Waals surface area contributed by atoms with E-state index in [2.05, 4.69) is 35.9 Å². The lowest BCUT2D eigenvalue weighted by Gasteiger charge is -2.07. The summed E-state index contributed by atoms with van der Waals surface area (Å²) in [4.78, 5) is 0. The summed E-state index contributed by atoms with van der Waals surface area (Å²) in [5.41, 5.74) is 2.60. The Morgan fingerprint density at radius 3 is 2.36 bits per heavy atom. The maximum Gasteiger partial charge on any atom is 0.0406 e. The lowest BCUT2D eigenvalue weighted by molar-refractivity contribution is 0.781. The van der Waals surface area contributed by atoms with Crippen molar-refractivity contribution in [1.82, 2.24) is 0 Å². The van der Waals surface area contributed by atoms with Crippen molar-refractivity contribution in [2.75, 3.05) is 5.33 Å². The molecule has 0 amide bonds. The van der Waals surface area contributed by atoms with Gasteiger partial charge in [0, 0.05) is 10.4 Å². The number of allylic oxidation sites excluding steroid dienone is 1. The van der Waals surface area contributed by atoms with Gasteiger partial charge in [0.15, 0.2) is 0 Å². The van der Waals surface area contributed by atoms with Gasteiger partial charge >= 0.3 is 0 Å². The normalized spacial score (nSPS) is 12.2. The topological polar surface area (TPSA) is 0 Å². The van der Waals surface area contributed by atoms with Crippen molar-refractivity contribution in [1.29, 1.82) is 0 Å². The summed E-state index contributed by atoms with van der Waals surface area (Å²) in [7, 11) is 0. The van der Waals surface area contributed by atoms with Gasteiger partial charge in [-0.25, -0.2) is 0 Å². The van der Waals surface area contributed by atoms with Gasteiger partial charge in [-0.2, -0.15) is 0 Å². The molecule has 14 heavy (non-hydrogen) atoms. The summed E-state index contributed by atoms with van der Waals surface area (Å²) >= 11 is 9.31. The SMILES string of the molecule is CC(C)/C(=C/c1ccc(Cl)cc1)CBr. The second kappa shape index (κ2) is 5.57. The molecule has 0 fully saturated rings. The molecular weight excluding hydrogens is 259 g/mol. The Hall–Kier alpha value is -0.270. The Bertz CT molecular complexity index is 312. The van der Waals surface area contributed by atoms with Crippen LogP contribution in [0.25, 0.3) is 6.08 Å². The molecule has 0 aliphatic rings. The average molecular weight is 274 g/mol.